The van der Waals surface area contributed by atoms with Crippen molar-refractivity contribution in [3.8, 4) is 0 Å². The Morgan fingerprint density at radius 1 is 0.206 bits per heavy atom. The van der Waals surface area contributed by atoms with Crippen molar-refractivity contribution in [1.29, 1.82) is 0 Å². The minimum atomic E-state index is 0.101. The van der Waals surface area contributed by atoms with Crippen molar-refractivity contribution in [2.24, 2.45) is 11.8 Å². The average molecular weight is 2010 g/mol. The van der Waals surface area contributed by atoms with Crippen LogP contribution in [0.15, 0.2) is 304 Å². The van der Waals surface area contributed by atoms with Crippen molar-refractivity contribution in [2.75, 3.05) is 0 Å². The highest BCUT2D eigenvalue weighted by atomic mass is 32.0. The molecule has 0 saturated carbocycles. The van der Waals surface area contributed by atoms with Crippen LogP contribution in [0.25, 0.3) is 0 Å². The maximum atomic E-state index is 5.71. The highest BCUT2D eigenvalue weighted by Crippen LogP contribution is 2.29. The van der Waals surface area contributed by atoms with Crippen LogP contribution in [0.2, 0.25) is 0 Å². The minimum Gasteiger partial charge on any atom is -0.358 e. The third kappa shape index (κ3) is 113. The van der Waals surface area contributed by atoms with E-state index in [1.54, 1.807) is 0 Å². The normalized spacial score (nSPS) is 15.6. The molecule has 0 aromatic heterocycles. The van der Waals surface area contributed by atoms with Crippen LogP contribution >= 0.6 is 99.6 Å². The summed E-state index contributed by atoms with van der Waals surface area (Å²) in [5.41, 5.74) is 0. The first-order valence-corrected chi connectivity index (χ1v) is 60.5. The van der Waals surface area contributed by atoms with Crippen LogP contribution in [0.1, 0.15) is 340 Å². The minimum absolute atomic E-state index is 0.101. The maximum Gasteiger partial charge on any atom is 0.0836 e. The largest absolute Gasteiger partial charge is 0.358 e. The lowest BCUT2D eigenvalue weighted by Crippen LogP contribution is -2.14. The van der Waals surface area contributed by atoms with Gasteiger partial charge in [0.15, 0.2) is 0 Å². The fraction of sp³-hybridized carbons (Fsp3) is 0.554. The summed E-state index contributed by atoms with van der Waals surface area (Å²) in [7, 11) is 21.1. The molecule has 0 bridgehead atoms. The van der Waals surface area contributed by atoms with E-state index in [0.717, 1.165) is 109 Å². The number of allylic oxidation sites excluding steroid dienone is 38. The van der Waals surface area contributed by atoms with Crippen molar-refractivity contribution in [1.82, 2.24) is 0 Å². The molecule has 19 heteroatoms. The maximum absolute atomic E-state index is 5.71. The van der Waals surface area contributed by atoms with Crippen LogP contribution in [-0.2, 0) is 36.2 Å². The molecule has 21 atom stereocenters. The van der Waals surface area contributed by atoms with Crippen molar-refractivity contribution in [2.45, 2.75) is 389 Å². The van der Waals surface area contributed by atoms with Gasteiger partial charge in [-0.15, -0.1) is 0 Å². The van der Waals surface area contributed by atoms with Gasteiger partial charge in [-0.3, -0.25) is 0 Å². The molecule has 0 spiro atoms. The smallest absolute Gasteiger partial charge is 0.0836 e. The van der Waals surface area contributed by atoms with E-state index in [1.165, 1.54) is 148 Å². The summed E-state index contributed by atoms with van der Waals surface area (Å²) in [5, 5.41) is 0. The Morgan fingerprint density at radius 2 is 0.435 bits per heavy atom. The summed E-state index contributed by atoms with van der Waals surface area (Å²) in [6.07, 6.45) is 155. The van der Waals surface area contributed by atoms with Crippen LogP contribution in [0.5, 0.6) is 0 Å². The van der Waals surface area contributed by atoms with Gasteiger partial charge in [0.25, 0.3) is 0 Å². The molecule has 21 unspecified atom stereocenters. The van der Waals surface area contributed by atoms with E-state index < -0.39 is 0 Å². The van der Waals surface area contributed by atoms with Crippen LogP contribution < -0.4 is 0 Å². The van der Waals surface area contributed by atoms with Crippen LogP contribution in [0.4, 0.5) is 0 Å². The third-order valence-electron chi connectivity index (χ3n) is 19.9. The first kappa shape index (κ1) is 137. The van der Waals surface area contributed by atoms with Gasteiger partial charge in [0.1, 0.15) is 0 Å². The van der Waals surface area contributed by atoms with Gasteiger partial charge >= 0.3 is 0 Å². The highest BCUT2D eigenvalue weighted by molar-refractivity contribution is 8.00. The fourth-order valence-electron chi connectivity index (χ4n) is 12.0. The number of rotatable bonds is 81. The molecule has 0 aliphatic heterocycles. The lowest BCUT2D eigenvalue weighted by Gasteiger charge is -2.17. The van der Waals surface area contributed by atoms with E-state index >= 15 is 0 Å². The lowest BCUT2D eigenvalue weighted by molar-refractivity contribution is 0.222. The van der Waals surface area contributed by atoms with Crippen molar-refractivity contribution < 1.29 is 36.2 Å². The topological polar surface area (TPSA) is 73.8 Å². The van der Waals surface area contributed by atoms with Gasteiger partial charge in [-0.25, -0.2) is 0 Å². The predicted molar refractivity (Wildman–Crippen MR) is 630 cm³/mol. The summed E-state index contributed by atoms with van der Waals surface area (Å²) in [6.45, 7) is 26.4. The Kier molecular flexibility index (Phi) is 130. The van der Waals surface area contributed by atoms with Crippen molar-refractivity contribution >= 4 is 99.6 Å². The van der Waals surface area contributed by atoms with E-state index in [9.17, 15) is 0 Å². The van der Waals surface area contributed by atoms with Crippen molar-refractivity contribution in [3.05, 3.63) is 304 Å². The highest BCUT2D eigenvalue weighted by Gasteiger charge is 2.13. The Balaban J connectivity index is -0.000000505. The fourth-order valence-corrected chi connectivity index (χ4v) is 16.0. The summed E-state index contributed by atoms with van der Waals surface area (Å²) in [4.78, 5) is 0. The number of hydrogen-bond acceptors (Lipinski definition) is 8. The molecule has 0 aromatic carbocycles. The van der Waals surface area contributed by atoms with Crippen LogP contribution in [-0.4, -0.2) is 48.8 Å². The van der Waals surface area contributed by atoms with Gasteiger partial charge in [0.2, 0.25) is 0 Å². The molecular formula is C112H195O8P11. The monoisotopic (exact) mass is 2010 g/mol. The van der Waals surface area contributed by atoms with Crippen LogP contribution in [0.3, 0.4) is 0 Å². The van der Waals surface area contributed by atoms with E-state index in [1.807, 2.05) is 24.3 Å². The summed E-state index contributed by atoms with van der Waals surface area (Å²) < 4.78 is 44.4. The quantitative estimate of drug-likeness (QED) is 0.0258. The molecule has 0 heterocycles. The van der Waals surface area contributed by atoms with Crippen molar-refractivity contribution in [3.63, 3.8) is 0 Å². The predicted octanol–water partition coefficient (Wildman–Crippen LogP) is 39.1. The van der Waals surface area contributed by atoms with E-state index in [4.69, 9.17) is 36.2 Å². The van der Waals surface area contributed by atoms with Gasteiger partial charge in [0.05, 0.1) is 48.8 Å². The lowest BCUT2D eigenvalue weighted by atomic mass is 10.00. The van der Waals surface area contributed by atoms with E-state index in [-0.39, 0.29) is 48.8 Å². The standard InChI is InChI=1S/2C23H39OP.3C22H39O2P3/c2*1-4-6-8-9-10-11-12-13-14-15-16-17-19-21-23(24-25)22(3)20-18-7-5-2;2*1-3-5-7-14-17-21(23-25)18-15-11-9-8-10-12-16-20-22(24-27-26)19-13-6-4-2;1-3-5-7-8-9-10-14-17-21(23-25)18-15-11-12-16-20-22(24-27-26)19-13-6-4-2/h2*7,11-12,14-19,21-23H,4-6,8-10,13,20,25H2,1-3H3;2*6,9-13,15-16,18,20-22,27H,3-5,7-8,14,17,19,25-26H2,1-2H3;6,10-16,18,20-22,27H,3-5,7-9,17,19,25-26H2,1-2H3/b12-11-,15-14-,17-16+,18-7-,21-19+;;11-9-,12-10-,13-6-,18-15+,20-16+;;. The first-order valence-electron chi connectivity index (χ1n) is 50.0. The van der Waals surface area contributed by atoms with Crippen LogP contribution in [0, 0.1) is 11.8 Å². The molecule has 0 saturated heterocycles. The number of unbranched alkanes of at least 4 members (excludes halogenated alkanes) is 18. The van der Waals surface area contributed by atoms with Gasteiger partial charge in [-0.1, -0.05) is 523 Å². The molecule has 0 amide bonds. The second-order valence-corrected chi connectivity index (χ2v) is 36.6. The molecular weight excluding hydrogens is 1810 g/mol. The molecule has 0 fully saturated rings. The third-order valence-corrected chi connectivity index (χ3v) is 24.1. The van der Waals surface area contributed by atoms with Gasteiger partial charge in [-0.2, -0.15) is 0 Å². The van der Waals surface area contributed by atoms with E-state index in [2.05, 4.69) is 437 Å². The summed E-state index contributed by atoms with van der Waals surface area (Å²) >= 11 is 0. The molecule has 746 valence electrons. The Hall–Kier alpha value is -2.09. The molecule has 0 N–H and O–H groups in total. The number of hydrogen-bond donors (Lipinski definition) is 0. The van der Waals surface area contributed by atoms with Gasteiger partial charge in [-0.05, 0) is 160 Å². The van der Waals surface area contributed by atoms with E-state index in [0.29, 0.717) is 37.3 Å². The zero-order valence-corrected chi connectivity index (χ0v) is 96.5. The Labute approximate surface area is 834 Å². The molecule has 131 heavy (non-hydrogen) atoms. The molecule has 0 aromatic rings. The van der Waals surface area contributed by atoms with Gasteiger partial charge < -0.3 is 36.2 Å². The summed E-state index contributed by atoms with van der Waals surface area (Å²) in [5.74, 6) is 0.950. The molecule has 0 aliphatic rings. The average Bonchev–Trinajstić information content (AvgIpc) is 0.967. The zero-order valence-electron chi connectivity index (χ0n) is 84.3. The summed E-state index contributed by atoms with van der Waals surface area (Å²) in [6, 6.07) is 0. The second-order valence-electron chi connectivity index (χ2n) is 31.7. The Morgan fingerprint density at radius 3 is 0.718 bits per heavy atom. The second kappa shape index (κ2) is 124. The SMILES string of the molecule is CC/C=C\CC(/C=C/C=C\C/C=C\C=C\C(CCCCCC)OP)OPP.CC/C=C\CC(C)C(/C=C/C=C/C=C\C/C=C\CCCCCC)OP.CCC=CCC(C)C(C=CC=CC=CCC=CCCCCCC)OP.CCC=CCC(C=CC=CC=CC(CC=CCCCCCC)OP)OPP.CCC=CCC(C=CC=CCC=CC=CC(CCCCCC)OP)OPP. The van der Waals surface area contributed by atoms with Gasteiger partial charge in [0, 0.05) is 72.8 Å². The first-order chi connectivity index (χ1) is 64.3. The Bertz CT molecular complexity index is 3000. The molecule has 0 radical (unpaired) electrons. The molecule has 8 nitrogen and oxygen atoms in total. The molecule has 0 aliphatic carbocycles. The zero-order chi connectivity index (χ0) is 97.2. The molecule has 0 rings (SSSR count).